The minimum absolute atomic E-state index is 0.219. The fourth-order valence-electron chi connectivity index (χ4n) is 6.18. The summed E-state index contributed by atoms with van der Waals surface area (Å²) >= 11 is 6.21. The number of carbonyl (C=O) groups is 2. The van der Waals surface area contributed by atoms with Crippen molar-refractivity contribution in [3.63, 3.8) is 0 Å². The van der Waals surface area contributed by atoms with E-state index in [1.54, 1.807) is 19.2 Å². The van der Waals surface area contributed by atoms with Crippen molar-refractivity contribution in [3.8, 4) is 17.0 Å². The third-order valence-corrected chi connectivity index (χ3v) is 8.93. The van der Waals surface area contributed by atoms with Crippen LogP contribution in [0.25, 0.3) is 22.3 Å². The van der Waals surface area contributed by atoms with Crippen LogP contribution in [0.3, 0.4) is 0 Å². The van der Waals surface area contributed by atoms with E-state index in [9.17, 15) is 4.39 Å². The Morgan fingerprint density at radius 1 is 1.02 bits per heavy atom. The van der Waals surface area contributed by atoms with Gasteiger partial charge in [0.1, 0.15) is 29.4 Å². The van der Waals surface area contributed by atoms with Gasteiger partial charge >= 0.3 is 0 Å². The van der Waals surface area contributed by atoms with E-state index in [0.717, 1.165) is 88.0 Å². The molecule has 1 saturated carbocycles. The second kappa shape index (κ2) is 17.2. The van der Waals surface area contributed by atoms with Crippen LogP contribution in [0, 0.1) is 5.82 Å². The van der Waals surface area contributed by atoms with Gasteiger partial charge in [0, 0.05) is 68.8 Å². The van der Waals surface area contributed by atoms with Crippen LogP contribution < -0.4 is 15.8 Å². The molecule has 0 bridgehead atoms. The maximum Gasteiger partial charge on any atom is 0.300 e. The summed E-state index contributed by atoms with van der Waals surface area (Å²) in [6, 6.07) is 11.3. The summed E-state index contributed by atoms with van der Waals surface area (Å²) in [4.78, 5) is 32.0. The molecule has 1 saturated heterocycles. The number of methoxy groups -OCH3 is 1. The first-order valence-corrected chi connectivity index (χ1v) is 16.4. The zero-order chi connectivity index (χ0) is 35.7. The number of nitrogen functional groups attached to an aromatic ring is 1. The Bertz CT molecular complexity index is 1700. The van der Waals surface area contributed by atoms with Crippen LogP contribution in [0.4, 0.5) is 15.9 Å². The number of nitrogens with two attached hydrogens (primary N) is 1. The molecule has 6 rings (SSSR count). The Labute approximate surface area is 289 Å². The van der Waals surface area contributed by atoms with Gasteiger partial charge in [-0.1, -0.05) is 23.7 Å². The highest BCUT2D eigenvalue weighted by Gasteiger charge is 2.31. The number of ether oxygens (including phenoxy) is 1. The molecule has 2 fully saturated rings. The average molecular weight is 699 g/mol. The maximum atomic E-state index is 14.3. The first-order valence-electron chi connectivity index (χ1n) is 16.0. The third kappa shape index (κ3) is 9.77. The zero-order valence-corrected chi connectivity index (χ0v) is 29.0. The summed E-state index contributed by atoms with van der Waals surface area (Å²) < 4.78 is 22.1. The van der Waals surface area contributed by atoms with E-state index in [4.69, 9.17) is 47.0 Å². The Morgan fingerprint density at radius 3 is 2.27 bits per heavy atom. The Balaban J connectivity index is 0.000000612. The van der Waals surface area contributed by atoms with Crippen LogP contribution in [0.15, 0.2) is 42.7 Å². The summed E-state index contributed by atoms with van der Waals surface area (Å²) in [6.07, 6.45) is 5.89. The number of aliphatic carboxylic acids is 2. The molecule has 13 nitrogen and oxygen atoms in total. The number of rotatable bonds is 7. The largest absolute Gasteiger partial charge is 0.495 e. The predicted octanol–water partition coefficient (Wildman–Crippen LogP) is 5.40. The zero-order valence-electron chi connectivity index (χ0n) is 28.2. The molecule has 0 amide bonds. The molecule has 15 heteroatoms. The second-order valence-electron chi connectivity index (χ2n) is 12.1. The van der Waals surface area contributed by atoms with Crippen molar-refractivity contribution < 1.29 is 28.9 Å². The standard InChI is InChI=1S/C30H36ClFN8O.2C2H4O2/c1-38-12-14-39(15-13-38)20-7-9-21(10-8-20)40-30-27(29(33)35-18-36-30)28(37-40)19-6-11-25(26(16-19)41-2)34-17-22-23(31)4-3-5-24(22)32;2*1-2(3)4/h3-6,11,16,18,20-21,34H,7-10,12-15,17H2,1-2H3,(H2,33,35,36);2*1H3,(H,3,4). The number of hydrogen-bond donors (Lipinski definition) is 4. The molecule has 2 aliphatic rings. The van der Waals surface area contributed by atoms with Gasteiger partial charge in [0.15, 0.2) is 5.65 Å². The molecule has 4 aromatic rings. The van der Waals surface area contributed by atoms with Crippen LogP contribution in [0.5, 0.6) is 5.75 Å². The van der Waals surface area contributed by atoms with Crippen molar-refractivity contribution in [1.82, 2.24) is 29.5 Å². The molecule has 0 spiro atoms. The third-order valence-electron chi connectivity index (χ3n) is 8.58. The lowest BCUT2D eigenvalue weighted by Crippen LogP contribution is -2.49. The number of anilines is 2. The molecule has 1 aliphatic carbocycles. The minimum atomic E-state index is -0.833. The molecule has 3 heterocycles. The molecule has 0 atom stereocenters. The lowest BCUT2D eigenvalue weighted by atomic mass is 9.90. The van der Waals surface area contributed by atoms with Gasteiger partial charge in [0.25, 0.3) is 11.9 Å². The van der Waals surface area contributed by atoms with E-state index >= 15 is 0 Å². The topological polar surface area (TPSA) is 172 Å². The van der Waals surface area contributed by atoms with E-state index in [0.29, 0.717) is 33.9 Å². The van der Waals surface area contributed by atoms with Gasteiger partial charge < -0.3 is 30.9 Å². The second-order valence-corrected chi connectivity index (χ2v) is 12.5. The summed E-state index contributed by atoms with van der Waals surface area (Å²) in [5.74, 6) is -1.02. The molecule has 2 aromatic carbocycles. The molecular formula is C34H44ClFN8O5. The van der Waals surface area contributed by atoms with Crippen molar-refractivity contribution in [2.24, 2.45) is 0 Å². The molecule has 264 valence electrons. The number of benzene rings is 2. The molecule has 5 N–H and O–H groups in total. The minimum Gasteiger partial charge on any atom is -0.495 e. The molecule has 49 heavy (non-hydrogen) atoms. The van der Waals surface area contributed by atoms with Crippen molar-refractivity contribution in [2.75, 3.05) is 51.4 Å². The van der Waals surface area contributed by atoms with Gasteiger partial charge in [0.2, 0.25) is 0 Å². The number of nitrogens with one attached hydrogen (secondary N) is 1. The number of carboxylic acids is 2. The predicted molar refractivity (Wildman–Crippen MR) is 187 cm³/mol. The Hall–Kier alpha value is -4.53. The SMILES string of the molecule is CC(=O)O.CC(=O)O.COc1cc(-c2nn(C3CCC(N4CCN(C)CC4)CC3)c3ncnc(N)c23)ccc1NCc1c(F)cccc1Cl. The van der Waals surface area contributed by atoms with Crippen molar-refractivity contribution in [2.45, 2.75) is 58.2 Å². The summed E-state index contributed by atoms with van der Waals surface area (Å²) in [6.45, 7) is 6.95. The van der Waals surface area contributed by atoms with Crippen molar-refractivity contribution in [3.05, 3.63) is 59.1 Å². The van der Waals surface area contributed by atoms with E-state index in [1.807, 2.05) is 18.2 Å². The lowest BCUT2D eigenvalue weighted by molar-refractivity contribution is -0.135. The van der Waals surface area contributed by atoms with Crippen LogP contribution in [-0.4, -0.2) is 98.1 Å². The fourth-order valence-corrected chi connectivity index (χ4v) is 6.41. The van der Waals surface area contributed by atoms with Gasteiger partial charge in [-0.2, -0.15) is 5.10 Å². The van der Waals surface area contributed by atoms with E-state index in [-0.39, 0.29) is 18.4 Å². The Kier molecular flexibility index (Phi) is 13.1. The van der Waals surface area contributed by atoms with Gasteiger partial charge in [0.05, 0.1) is 24.2 Å². The normalized spacial score (nSPS) is 18.1. The molecule has 0 unspecified atom stereocenters. The highest BCUT2D eigenvalue weighted by Crippen LogP contribution is 2.39. The number of fused-ring (bicyclic) bond motifs is 1. The monoisotopic (exact) mass is 698 g/mol. The Morgan fingerprint density at radius 2 is 1.65 bits per heavy atom. The van der Waals surface area contributed by atoms with Crippen LogP contribution >= 0.6 is 11.6 Å². The van der Waals surface area contributed by atoms with Gasteiger partial charge in [-0.3, -0.25) is 14.5 Å². The van der Waals surface area contributed by atoms with Crippen molar-refractivity contribution >= 4 is 46.1 Å². The molecule has 0 radical (unpaired) electrons. The van der Waals surface area contributed by atoms with E-state index in [1.165, 1.54) is 12.4 Å². The summed E-state index contributed by atoms with van der Waals surface area (Å²) in [5.41, 5.74) is 9.84. The maximum absolute atomic E-state index is 14.3. The summed E-state index contributed by atoms with van der Waals surface area (Å²) in [7, 11) is 3.80. The van der Waals surface area contributed by atoms with Crippen LogP contribution in [0.2, 0.25) is 5.02 Å². The number of halogens is 2. The number of piperazine rings is 1. The van der Waals surface area contributed by atoms with Crippen LogP contribution in [0.1, 0.15) is 51.1 Å². The first-order chi connectivity index (χ1) is 23.4. The van der Waals surface area contributed by atoms with Gasteiger partial charge in [-0.25, -0.2) is 19.0 Å². The number of carboxylic acid groups (broad SMARTS) is 2. The fraction of sp³-hybridized carbons (Fsp3) is 0.441. The number of nitrogens with zero attached hydrogens (tertiary/aromatic N) is 6. The first kappa shape index (κ1) is 37.3. The quantitative estimate of drug-likeness (QED) is 0.194. The number of aromatic nitrogens is 4. The number of hydrogen-bond acceptors (Lipinski definition) is 10. The average Bonchev–Trinajstić information content (AvgIpc) is 3.45. The van der Waals surface area contributed by atoms with Gasteiger partial charge in [-0.05, 0) is 57.0 Å². The van der Waals surface area contributed by atoms with Crippen LogP contribution in [-0.2, 0) is 16.1 Å². The highest BCUT2D eigenvalue weighted by atomic mass is 35.5. The summed E-state index contributed by atoms with van der Waals surface area (Å²) in [5, 5.41) is 24.3. The smallest absolute Gasteiger partial charge is 0.300 e. The number of likely N-dealkylation sites (N-methyl/N-ethyl adjacent to an activating group) is 1. The molecule has 1 aliphatic heterocycles. The molecule has 2 aromatic heterocycles. The van der Waals surface area contributed by atoms with Gasteiger partial charge in [-0.15, -0.1) is 0 Å². The lowest BCUT2D eigenvalue weighted by Gasteiger charge is -2.41. The van der Waals surface area contributed by atoms with E-state index in [2.05, 4.69) is 36.8 Å². The van der Waals surface area contributed by atoms with E-state index < -0.39 is 11.9 Å². The molecular weight excluding hydrogens is 655 g/mol. The van der Waals surface area contributed by atoms with Crippen molar-refractivity contribution in [1.29, 1.82) is 0 Å². The highest BCUT2D eigenvalue weighted by molar-refractivity contribution is 6.31.